The molecule has 1 fully saturated rings. The van der Waals surface area contributed by atoms with E-state index in [0.29, 0.717) is 32.1 Å². The van der Waals surface area contributed by atoms with Crippen LogP contribution in [0.4, 0.5) is 10.7 Å². The van der Waals surface area contributed by atoms with E-state index in [0.717, 1.165) is 0 Å². The second-order valence-corrected chi connectivity index (χ2v) is 5.36. The number of carboxylic acid groups (broad SMARTS) is 1. The number of aliphatic hydroxyl groups excluding tert-OH is 1. The van der Waals surface area contributed by atoms with Gasteiger partial charge in [0.2, 0.25) is 5.95 Å². The SMILES string of the molecule is CC#CCn1c(N2CCN(C(=O)O)CC2)nc(CO)c1C(=O)OCC. The van der Waals surface area contributed by atoms with E-state index in [1.54, 1.807) is 18.4 Å². The molecule has 0 spiro atoms. The van der Waals surface area contributed by atoms with E-state index in [-0.39, 0.29) is 24.5 Å². The third-order valence-corrected chi connectivity index (χ3v) is 3.89. The molecule has 2 N–H and O–H groups in total. The third-order valence-electron chi connectivity index (χ3n) is 3.89. The highest BCUT2D eigenvalue weighted by atomic mass is 16.5. The summed E-state index contributed by atoms with van der Waals surface area (Å²) < 4.78 is 6.70. The van der Waals surface area contributed by atoms with Gasteiger partial charge in [-0.1, -0.05) is 5.92 Å². The molecule has 0 aliphatic carbocycles. The molecular weight excluding hydrogens is 328 g/mol. The number of amides is 1. The molecule has 1 aliphatic rings. The number of hydrogen-bond donors (Lipinski definition) is 2. The summed E-state index contributed by atoms with van der Waals surface area (Å²) in [7, 11) is 0. The Morgan fingerprint density at radius 3 is 2.48 bits per heavy atom. The fourth-order valence-corrected chi connectivity index (χ4v) is 2.67. The van der Waals surface area contributed by atoms with Gasteiger partial charge in [-0.2, -0.15) is 0 Å². The standard InChI is InChI=1S/C16H22N4O5/c1-3-5-6-20-13(14(22)25-4-2)12(11-21)17-15(20)18-7-9-19(10-8-18)16(23)24/h21H,4,6-11H2,1-2H3,(H,23,24). The van der Waals surface area contributed by atoms with Gasteiger partial charge in [0.1, 0.15) is 5.69 Å². The molecule has 1 aliphatic heterocycles. The zero-order chi connectivity index (χ0) is 18.4. The molecule has 0 unspecified atom stereocenters. The van der Waals surface area contributed by atoms with Crippen molar-refractivity contribution in [1.29, 1.82) is 0 Å². The number of anilines is 1. The summed E-state index contributed by atoms with van der Waals surface area (Å²) in [6.45, 7) is 4.99. The highest BCUT2D eigenvalue weighted by Gasteiger charge is 2.29. The Balaban J connectivity index is 2.37. The van der Waals surface area contributed by atoms with E-state index in [4.69, 9.17) is 9.84 Å². The number of esters is 1. The van der Waals surface area contributed by atoms with Gasteiger partial charge in [0, 0.05) is 26.2 Å². The highest BCUT2D eigenvalue weighted by Crippen LogP contribution is 2.22. The van der Waals surface area contributed by atoms with E-state index in [1.807, 2.05) is 4.90 Å². The van der Waals surface area contributed by atoms with E-state index < -0.39 is 18.7 Å². The van der Waals surface area contributed by atoms with Crippen LogP contribution in [0.1, 0.15) is 30.0 Å². The van der Waals surface area contributed by atoms with Crippen molar-refractivity contribution in [3.63, 3.8) is 0 Å². The number of nitrogens with zero attached hydrogens (tertiary/aromatic N) is 4. The zero-order valence-corrected chi connectivity index (χ0v) is 14.4. The van der Waals surface area contributed by atoms with Crippen molar-refractivity contribution in [3.8, 4) is 11.8 Å². The van der Waals surface area contributed by atoms with Crippen LogP contribution in [0.3, 0.4) is 0 Å². The average molecular weight is 350 g/mol. The van der Waals surface area contributed by atoms with E-state index in [1.165, 1.54) is 4.90 Å². The number of ether oxygens (including phenoxy) is 1. The molecule has 9 heteroatoms. The maximum Gasteiger partial charge on any atom is 0.407 e. The second-order valence-electron chi connectivity index (χ2n) is 5.36. The number of hydrogen-bond acceptors (Lipinski definition) is 6. The number of rotatable bonds is 5. The monoisotopic (exact) mass is 350 g/mol. The van der Waals surface area contributed by atoms with Gasteiger partial charge in [-0.05, 0) is 13.8 Å². The minimum Gasteiger partial charge on any atom is -0.465 e. The fourth-order valence-electron chi connectivity index (χ4n) is 2.67. The van der Waals surface area contributed by atoms with Crippen LogP contribution in [0.15, 0.2) is 0 Å². The number of imidazole rings is 1. The van der Waals surface area contributed by atoms with Gasteiger partial charge in [0.15, 0.2) is 5.69 Å². The molecule has 0 saturated carbocycles. The summed E-state index contributed by atoms with van der Waals surface area (Å²) in [5, 5.41) is 18.6. The Morgan fingerprint density at radius 2 is 1.96 bits per heavy atom. The normalized spacial score (nSPS) is 14.0. The third kappa shape index (κ3) is 4.03. The van der Waals surface area contributed by atoms with Crippen molar-refractivity contribution in [1.82, 2.24) is 14.5 Å². The number of piperazine rings is 1. The van der Waals surface area contributed by atoms with Crippen LogP contribution < -0.4 is 4.90 Å². The topological polar surface area (TPSA) is 108 Å². The molecular formula is C16H22N4O5. The van der Waals surface area contributed by atoms with Crippen molar-refractivity contribution >= 4 is 18.0 Å². The lowest BCUT2D eigenvalue weighted by atomic mass is 10.3. The van der Waals surface area contributed by atoms with E-state index >= 15 is 0 Å². The van der Waals surface area contributed by atoms with Crippen LogP contribution in [-0.2, 0) is 17.9 Å². The van der Waals surface area contributed by atoms with Gasteiger partial charge in [-0.15, -0.1) is 5.92 Å². The van der Waals surface area contributed by atoms with Crippen molar-refractivity contribution in [2.45, 2.75) is 27.0 Å². The van der Waals surface area contributed by atoms with Gasteiger partial charge >= 0.3 is 12.1 Å². The molecule has 2 heterocycles. The first-order valence-electron chi connectivity index (χ1n) is 8.03. The number of aromatic nitrogens is 2. The first-order valence-corrected chi connectivity index (χ1v) is 8.03. The highest BCUT2D eigenvalue weighted by molar-refractivity contribution is 5.89. The lowest BCUT2D eigenvalue weighted by Crippen LogP contribution is -2.49. The van der Waals surface area contributed by atoms with Crippen molar-refractivity contribution in [3.05, 3.63) is 11.4 Å². The van der Waals surface area contributed by atoms with Crippen LogP contribution >= 0.6 is 0 Å². The Hall–Kier alpha value is -2.73. The lowest BCUT2D eigenvalue weighted by molar-refractivity contribution is 0.0510. The van der Waals surface area contributed by atoms with Crippen LogP contribution in [-0.4, -0.2) is 69.5 Å². The minimum atomic E-state index is -0.955. The number of aliphatic hydroxyl groups is 1. The van der Waals surface area contributed by atoms with Crippen LogP contribution in [0.2, 0.25) is 0 Å². The van der Waals surface area contributed by atoms with E-state index in [9.17, 15) is 14.7 Å². The molecule has 2 rings (SSSR count). The molecule has 1 amide bonds. The molecule has 0 aromatic carbocycles. The van der Waals surface area contributed by atoms with Crippen LogP contribution in [0.5, 0.6) is 0 Å². The average Bonchev–Trinajstić information content (AvgIpc) is 2.98. The van der Waals surface area contributed by atoms with Crippen molar-refractivity contribution in [2.24, 2.45) is 0 Å². The van der Waals surface area contributed by atoms with Crippen LogP contribution in [0.25, 0.3) is 0 Å². The number of carbonyl (C=O) groups excluding carboxylic acids is 1. The molecule has 1 aromatic rings. The first-order chi connectivity index (χ1) is 12.0. The van der Waals surface area contributed by atoms with E-state index in [2.05, 4.69) is 16.8 Å². The maximum atomic E-state index is 12.3. The molecule has 1 saturated heterocycles. The number of carbonyl (C=O) groups is 2. The molecule has 1 aromatic heterocycles. The van der Waals surface area contributed by atoms with Gasteiger partial charge in [0.25, 0.3) is 0 Å². The predicted molar refractivity (Wildman–Crippen MR) is 89.4 cm³/mol. The minimum absolute atomic E-state index is 0.183. The van der Waals surface area contributed by atoms with Gasteiger partial charge in [0.05, 0.1) is 19.8 Å². The molecule has 25 heavy (non-hydrogen) atoms. The summed E-state index contributed by atoms with van der Waals surface area (Å²) in [5.41, 5.74) is 0.412. The van der Waals surface area contributed by atoms with Gasteiger partial charge in [-0.3, -0.25) is 4.57 Å². The molecule has 0 bridgehead atoms. The first kappa shape index (κ1) is 18.6. The Kier molecular flexibility index (Phi) is 6.25. The van der Waals surface area contributed by atoms with Crippen molar-refractivity contribution < 1.29 is 24.5 Å². The molecule has 0 atom stereocenters. The zero-order valence-electron chi connectivity index (χ0n) is 14.4. The van der Waals surface area contributed by atoms with Crippen LogP contribution in [0, 0.1) is 11.8 Å². The largest absolute Gasteiger partial charge is 0.465 e. The van der Waals surface area contributed by atoms with Crippen molar-refractivity contribution in [2.75, 3.05) is 37.7 Å². The maximum absolute atomic E-state index is 12.3. The lowest BCUT2D eigenvalue weighted by Gasteiger charge is -2.33. The summed E-state index contributed by atoms with van der Waals surface area (Å²) in [6.07, 6.45) is -0.955. The summed E-state index contributed by atoms with van der Waals surface area (Å²) in [6, 6.07) is 0. The molecule has 9 nitrogen and oxygen atoms in total. The summed E-state index contributed by atoms with van der Waals surface area (Å²) >= 11 is 0. The smallest absolute Gasteiger partial charge is 0.407 e. The van der Waals surface area contributed by atoms with Gasteiger partial charge < -0.3 is 24.7 Å². The Bertz CT molecular complexity index is 695. The Labute approximate surface area is 145 Å². The van der Waals surface area contributed by atoms with Gasteiger partial charge in [-0.25, -0.2) is 14.6 Å². The summed E-state index contributed by atoms with van der Waals surface area (Å²) in [5.74, 6) is 5.60. The fraction of sp³-hybridized carbons (Fsp3) is 0.562. The molecule has 136 valence electrons. The Morgan fingerprint density at radius 1 is 1.28 bits per heavy atom. The second kappa shape index (κ2) is 8.39. The quantitative estimate of drug-likeness (QED) is 0.583. The summed E-state index contributed by atoms with van der Waals surface area (Å²) in [4.78, 5) is 30.9. The predicted octanol–water partition coefficient (Wildman–Crippen LogP) is 0.375. The molecule has 0 radical (unpaired) electrons.